The van der Waals surface area contributed by atoms with Crippen molar-refractivity contribution in [2.24, 2.45) is 5.73 Å². The Morgan fingerprint density at radius 3 is 2.86 bits per heavy atom. The van der Waals surface area contributed by atoms with Crippen molar-refractivity contribution in [3.63, 3.8) is 0 Å². The van der Waals surface area contributed by atoms with E-state index in [4.69, 9.17) is 5.73 Å². The number of amides is 1. The highest BCUT2D eigenvalue weighted by atomic mass is 16.5. The SMILES string of the molecule is NC(=O)C1=Cc2ccccc2N([O-])C1. The molecule has 0 saturated heterocycles. The minimum Gasteiger partial charge on any atom is -0.758 e. The molecule has 1 aromatic rings. The normalized spacial score (nSPS) is 14.6. The van der Waals surface area contributed by atoms with E-state index in [0.29, 0.717) is 11.3 Å². The van der Waals surface area contributed by atoms with E-state index in [9.17, 15) is 10.0 Å². The van der Waals surface area contributed by atoms with Crippen LogP contribution in [0.5, 0.6) is 0 Å². The molecule has 1 heterocycles. The molecule has 0 bridgehead atoms. The Labute approximate surface area is 81.2 Å². The molecule has 1 aliphatic rings. The molecule has 14 heavy (non-hydrogen) atoms. The number of nitrogens with zero attached hydrogens (tertiary/aromatic N) is 1. The van der Waals surface area contributed by atoms with Crippen molar-refractivity contribution in [2.75, 3.05) is 11.6 Å². The predicted octanol–water partition coefficient (Wildman–Crippen LogP) is 0.873. The minimum atomic E-state index is -0.541. The molecule has 0 radical (unpaired) electrons. The van der Waals surface area contributed by atoms with Gasteiger partial charge in [0, 0.05) is 17.8 Å². The molecule has 0 fully saturated rings. The van der Waals surface area contributed by atoms with Crippen molar-refractivity contribution in [3.05, 3.63) is 40.6 Å². The van der Waals surface area contributed by atoms with Crippen molar-refractivity contribution in [1.82, 2.24) is 0 Å². The number of hydroxylamine groups is 1. The summed E-state index contributed by atoms with van der Waals surface area (Å²) in [6, 6.07) is 7.10. The summed E-state index contributed by atoms with van der Waals surface area (Å²) in [5.41, 5.74) is 6.78. The molecule has 0 atom stereocenters. The van der Waals surface area contributed by atoms with Crippen LogP contribution in [-0.4, -0.2) is 12.5 Å². The molecule has 4 heteroatoms. The third kappa shape index (κ3) is 1.36. The number of rotatable bonds is 1. The van der Waals surface area contributed by atoms with Crippen molar-refractivity contribution in [3.8, 4) is 0 Å². The molecule has 1 aliphatic heterocycles. The first-order valence-corrected chi connectivity index (χ1v) is 4.22. The van der Waals surface area contributed by atoms with Crippen LogP contribution < -0.4 is 10.8 Å². The molecule has 0 aromatic heterocycles. The first-order valence-electron chi connectivity index (χ1n) is 4.22. The van der Waals surface area contributed by atoms with Crippen LogP contribution in [0.2, 0.25) is 0 Å². The van der Waals surface area contributed by atoms with E-state index in [1.54, 1.807) is 24.3 Å². The highest BCUT2D eigenvalue weighted by Gasteiger charge is 2.14. The lowest BCUT2D eigenvalue weighted by atomic mass is 10.0. The van der Waals surface area contributed by atoms with Crippen LogP contribution >= 0.6 is 0 Å². The van der Waals surface area contributed by atoms with Gasteiger partial charge in [0.1, 0.15) is 0 Å². The van der Waals surface area contributed by atoms with E-state index >= 15 is 0 Å². The van der Waals surface area contributed by atoms with Crippen molar-refractivity contribution in [1.29, 1.82) is 0 Å². The fourth-order valence-electron chi connectivity index (χ4n) is 1.46. The summed E-state index contributed by atoms with van der Waals surface area (Å²) in [6.45, 7) is 0.0341. The fraction of sp³-hybridized carbons (Fsp3) is 0.100. The number of primary amides is 1. The maximum absolute atomic E-state index is 11.5. The van der Waals surface area contributed by atoms with Gasteiger partial charge in [-0.3, -0.25) is 4.79 Å². The summed E-state index contributed by atoms with van der Waals surface area (Å²) < 4.78 is 0. The van der Waals surface area contributed by atoms with E-state index in [2.05, 4.69) is 0 Å². The average Bonchev–Trinajstić information content (AvgIpc) is 2.17. The molecule has 0 spiro atoms. The summed E-state index contributed by atoms with van der Waals surface area (Å²) in [4.78, 5) is 10.9. The number of hydrogen-bond acceptors (Lipinski definition) is 3. The molecular formula is C10H9N2O2-. The van der Waals surface area contributed by atoms with E-state index < -0.39 is 5.91 Å². The summed E-state index contributed by atoms with van der Waals surface area (Å²) in [7, 11) is 0. The monoisotopic (exact) mass is 189 g/mol. The summed E-state index contributed by atoms with van der Waals surface area (Å²) in [6.07, 6.45) is 1.66. The Bertz CT molecular complexity index is 412. The Balaban J connectivity index is 2.50. The number of fused-ring (bicyclic) bond motifs is 1. The van der Waals surface area contributed by atoms with Gasteiger partial charge in [-0.2, -0.15) is 0 Å². The molecule has 4 nitrogen and oxygen atoms in total. The van der Waals surface area contributed by atoms with Gasteiger partial charge >= 0.3 is 0 Å². The minimum absolute atomic E-state index is 0.0341. The topological polar surface area (TPSA) is 69.4 Å². The summed E-state index contributed by atoms with van der Waals surface area (Å²) in [5, 5.41) is 12.2. The third-order valence-corrected chi connectivity index (χ3v) is 2.17. The lowest BCUT2D eigenvalue weighted by molar-refractivity contribution is -0.114. The Hall–Kier alpha value is -1.81. The number of nitrogens with two attached hydrogens (primary N) is 1. The van der Waals surface area contributed by atoms with Crippen molar-refractivity contribution in [2.45, 2.75) is 0 Å². The quantitative estimate of drug-likeness (QED) is 0.712. The van der Waals surface area contributed by atoms with Crippen LogP contribution in [0.15, 0.2) is 29.8 Å². The van der Waals surface area contributed by atoms with Crippen LogP contribution in [0.25, 0.3) is 6.08 Å². The molecule has 1 aromatic carbocycles. The molecule has 72 valence electrons. The lowest BCUT2D eigenvalue weighted by Gasteiger charge is -2.35. The largest absolute Gasteiger partial charge is 0.758 e. The second kappa shape index (κ2) is 3.16. The Morgan fingerprint density at radius 2 is 2.14 bits per heavy atom. The second-order valence-electron chi connectivity index (χ2n) is 3.13. The van der Waals surface area contributed by atoms with Gasteiger partial charge in [-0.15, -0.1) is 0 Å². The zero-order valence-corrected chi connectivity index (χ0v) is 7.43. The van der Waals surface area contributed by atoms with E-state index in [1.165, 1.54) is 0 Å². The van der Waals surface area contributed by atoms with Crippen molar-refractivity contribution >= 4 is 17.7 Å². The fourth-order valence-corrected chi connectivity index (χ4v) is 1.46. The predicted molar refractivity (Wildman–Crippen MR) is 54.3 cm³/mol. The number of anilines is 1. The smallest absolute Gasteiger partial charge is 0.246 e. The zero-order valence-electron chi connectivity index (χ0n) is 7.43. The molecular weight excluding hydrogens is 180 g/mol. The van der Waals surface area contributed by atoms with Gasteiger partial charge in [-0.05, 0) is 17.7 Å². The number of benzene rings is 1. The first kappa shape index (κ1) is 8.77. The zero-order chi connectivity index (χ0) is 10.1. The molecule has 0 aliphatic carbocycles. The number of carbonyl (C=O) groups excluding carboxylic acids is 1. The van der Waals surface area contributed by atoms with Gasteiger partial charge < -0.3 is 16.0 Å². The molecule has 1 amide bonds. The van der Waals surface area contributed by atoms with Crippen LogP contribution in [0.3, 0.4) is 0 Å². The van der Waals surface area contributed by atoms with Crippen LogP contribution in [0, 0.1) is 5.21 Å². The highest BCUT2D eigenvalue weighted by molar-refractivity contribution is 6.00. The summed E-state index contributed by atoms with van der Waals surface area (Å²) >= 11 is 0. The second-order valence-corrected chi connectivity index (χ2v) is 3.13. The van der Waals surface area contributed by atoms with Gasteiger partial charge in [-0.25, -0.2) is 0 Å². The molecule has 2 N–H and O–H groups in total. The maximum atomic E-state index is 11.5. The molecule has 0 unspecified atom stereocenters. The standard InChI is InChI=1S/C10H9N2O2/c11-10(13)8-5-7-3-1-2-4-9(7)12(14)6-8/h1-5H,6H2,(H2,11,13)/q-1. The number of carbonyl (C=O) groups is 1. The highest BCUT2D eigenvalue weighted by Crippen LogP contribution is 2.27. The van der Waals surface area contributed by atoms with Gasteiger partial charge in [0.15, 0.2) is 0 Å². The lowest BCUT2D eigenvalue weighted by Crippen LogP contribution is -2.28. The Kier molecular flexibility index (Phi) is 1.98. The third-order valence-electron chi connectivity index (χ3n) is 2.17. The van der Waals surface area contributed by atoms with Crippen molar-refractivity contribution < 1.29 is 4.79 Å². The first-order chi connectivity index (χ1) is 6.68. The van der Waals surface area contributed by atoms with E-state index in [-0.39, 0.29) is 6.54 Å². The Morgan fingerprint density at radius 1 is 1.43 bits per heavy atom. The van der Waals surface area contributed by atoms with E-state index in [0.717, 1.165) is 10.6 Å². The number of para-hydroxylation sites is 1. The maximum Gasteiger partial charge on any atom is 0.246 e. The van der Waals surface area contributed by atoms with Gasteiger partial charge in [-0.1, -0.05) is 18.2 Å². The van der Waals surface area contributed by atoms with Gasteiger partial charge in [0.25, 0.3) is 0 Å². The summed E-state index contributed by atoms with van der Waals surface area (Å²) in [5.74, 6) is -0.541. The van der Waals surface area contributed by atoms with Gasteiger partial charge in [0.2, 0.25) is 5.91 Å². The average molecular weight is 189 g/mol. The molecule has 2 rings (SSSR count). The van der Waals surface area contributed by atoms with E-state index in [1.807, 2.05) is 6.07 Å². The number of hydrogen-bond donors (Lipinski definition) is 1. The van der Waals surface area contributed by atoms with Crippen LogP contribution in [0.1, 0.15) is 5.56 Å². The molecule has 0 saturated carbocycles. The van der Waals surface area contributed by atoms with Gasteiger partial charge in [0.05, 0.1) is 0 Å². The van der Waals surface area contributed by atoms with Crippen LogP contribution in [-0.2, 0) is 4.79 Å². The van der Waals surface area contributed by atoms with Crippen LogP contribution in [0.4, 0.5) is 5.69 Å².